The molecule has 1 aromatic carbocycles. The number of nitrogens with one attached hydrogen (secondary N) is 1. The smallest absolute Gasteiger partial charge is 0.123 e. The molecule has 3 heteroatoms. The lowest BCUT2D eigenvalue weighted by Gasteiger charge is -2.30. The fourth-order valence-corrected chi connectivity index (χ4v) is 2.83. The predicted molar refractivity (Wildman–Crippen MR) is 76.1 cm³/mol. The van der Waals surface area contributed by atoms with Gasteiger partial charge in [0.1, 0.15) is 17.7 Å². The molecule has 2 atom stereocenters. The zero-order valence-corrected chi connectivity index (χ0v) is 11.9. The molecule has 0 heterocycles. The van der Waals surface area contributed by atoms with Gasteiger partial charge in [-0.3, -0.25) is 0 Å². The fourth-order valence-electron chi connectivity index (χ4n) is 2.83. The van der Waals surface area contributed by atoms with Crippen LogP contribution in [0.4, 0.5) is 4.39 Å². The molecule has 1 fully saturated rings. The van der Waals surface area contributed by atoms with Gasteiger partial charge in [0.15, 0.2) is 0 Å². The number of benzene rings is 1. The second-order valence-electron chi connectivity index (χ2n) is 5.45. The Labute approximate surface area is 115 Å². The Morgan fingerprint density at radius 2 is 1.89 bits per heavy atom. The van der Waals surface area contributed by atoms with Crippen molar-refractivity contribution in [3.63, 3.8) is 0 Å². The Kier molecular flexibility index (Phi) is 5.20. The minimum absolute atomic E-state index is 0.189. The van der Waals surface area contributed by atoms with E-state index in [1.807, 2.05) is 14.0 Å². The van der Waals surface area contributed by atoms with Crippen LogP contribution in [0.5, 0.6) is 5.75 Å². The topological polar surface area (TPSA) is 21.3 Å². The van der Waals surface area contributed by atoms with E-state index in [0.717, 1.165) is 24.2 Å². The third-order valence-electron chi connectivity index (χ3n) is 3.99. The van der Waals surface area contributed by atoms with Gasteiger partial charge in [-0.1, -0.05) is 19.3 Å². The second kappa shape index (κ2) is 6.90. The summed E-state index contributed by atoms with van der Waals surface area (Å²) in [4.78, 5) is 0. The lowest BCUT2D eigenvalue weighted by molar-refractivity contribution is 0.130. The van der Waals surface area contributed by atoms with Crippen molar-refractivity contribution in [3.8, 4) is 5.75 Å². The van der Waals surface area contributed by atoms with E-state index in [0.29, 0.717) is 6.04 Å². The minimum atomic E-state index is -0.201. The van der Waals surface area contributed by atoms with Gasteiger partial charge in [0.25, 0.3) is 0 Å². The normalized spacial score (nSPS) is 24.6. The van der Waals surface area contributed by atoms with Crippen molar-refractivity contribution >= 4 is 0 Å². The maximum Gasteiger partial charge on any atom is 0.123 e. The molecule has 2 unspecified atom stereocenters. The summed E-state index contributed by atoms with van der Waals surface area (Å²) in [5.74, 6) is 0.611. The Bertz CT molecular complexity index is 408. The molecular weight excluding hydrogens is 241 g/mol. The van der Waals surface area contributed by atoms with E-state index >= 15 is 0 Å². The van der Waals surface area contributed by atoms with Crippen molar-refractivity contribution in [2.24, 2.45) is 0 Å². The Morgan fingerprint density at radius 3 is 2.58 bits per heavy atom. The van der Waals surface area contributed by atoms with Gasteiger partial charge >= 0.3 is 0 Å². The lowest BCUT2D eigenvalue weighted by Crippen LogP contribution is -2.42. The number of ether oxygens (including phenoxy) is 1. The van der Waals surface area contributed by atoms with E-state index in [9.17, 15) is 4.39 Å². The van der Waals surface area contributed by atoms with Crippen molar-refractivity contribution in [1.82, 2.24) is 5.32 Å². The second-order valence-corrected chi connectivity index (χ2v) is 5.45. The molecule has 0 amide bonds. The monoisotopic (exact) mass is 265 g/mol. The van der Waals surface area contributed by atoms with Gasteiger partial charge in [0.05, 0.1) is 0 Å². The van der Waals surface area contributed by atoms with Gasteiger partial charge in [-0.05, 0) is 57.0 Å². The van der Waals surface area contributed by atoms with E-state index in [1.54, 1.807) is 6.07 Å². The molecule has 1 aliphatic rings. The van der Waals surface area contributed by atoms with Crippen LogP contribution < -0.4 is 10.1 Å². The first-order valence-electron chi connectivity index (χ1n) is 7.31. The van der Waals surface area contributed by atoms with E-state index in [1.165, 1.54) is 37.8 Å². The summed E-state index contributed by atoms with van der Waals surface area (Å²) < 4.78 is 19.3. The van der Waals surface area contributed by atoms with Gasteiger partial charge in [-0.2, -0.15) is 0 Å². The number of hydrogen-bond donors (Lipinski definition) is 1. The van der Waals surface area contributed by atoms with Crippen LogP contribution in [-0.4, -0.2) is 19.2 Å². The number of halogens is 1. The van der Waals surface area contributed by atoms with Crippen LogP contribution in [0.1, 0.15) is 44.1 Å². The van der Waals surface area contributed by atoms with E-state index in [-0.39, 0.29) is 11.9 Å². The molecule has 1 saturated carbocycles. The summed E-state index contributed by atoms with van der Waals surface area (Å²) in [5, 5.41) is 3.37. The molecule has 0 bridgehead atoms. The summed E-state index contributed by atoms with van der Waals surface area (Å²) in [6.07, 6.45) is 7.49. The van der Waals surface area contributed by atoms with Gasteiger partial charge in [-0.15, -0.1) is 0 Å². The third kappa shape index (κ3) is 3.93. The number of rotatable bonds is 3. The van der Waals surface area contributed by atoms with Gasteiger partial charge in [-0.25, -0.2) is 4.39 Å². The van der Waals surface area contributed by atoms with Gasteiger partial charge in [0, 0.05) is 6.04 Å². The molecule has 1 aromatic rings. The number of aryl methyl sites for hydroxylation is 1. The van der Waals surface area contributed by atoms with E-state index in [2.05, 4.69) is 5.32 Å². The molecule has 1 N–H and O–H groups in total. The molecule has 0 radical (unpaired) electrons. The summed E-state index contributed by atoms with van der Waals surface area (Å²) in [6, 6.07) is 5.15. The third-order valence-corrected chi connectivity index (χ3v) is 3.99. The molecule has 1 aliphatic carbocycles. The highest BCUT2D eigenvalue weighted by Gasteiger charge is 2.23. The Hall–Kier alpha value is -1.09. The summed E-state index contributed by atoms with van der Waals surface area (Å²) >= 11 is 0. The molecule has 106 valence electrons. The van der Waals surface area contributed by atoms with Crippen LogP contribution in [0.15, 0.2) is 18.2 Å². The standard InChI is InChI=1S/C16H24FNO/c1-12-11-13(17)9-10-15(12)19-16-8-6-4-3-5-7-14(16)18-2/h9-11,14,16,18H,3-8H2,1-2H3. The first-order valence-corrected chi connectivity index (χ1v) is 7.31. The van der Waals surface area contributed by atoms with Crippen molar-refractivity contribution in [1.29, 1.82) is 0 Å². The Balaban J connectivity index is 2.08. The van der Waals surface area contributed by atoms with E-state index in [4.69, 9.17) is 4.74 Å². The maximum absolute atomic E-state index is 13.1. The summed E-state index contributed by atoms with van der Waals surface area (Å²) in [5.41, 5.74) is 0.872. The molecular formula is C16H24FNO. The van der Waals surface area contributed by atoms with Crippen molar-refractivity contribution in [3.05, 3.63) is 29.6 Å². The van der Waals surface area contributed by atoms with Crippen LogP contribution in [-0.2, 0) is 0 Å². The Morgan fingerprint density at radius 1 is 1.16 bits per heavy atom. The quantitative estimate of drug-likeness (QED) is 0.897. The predicted octanol–water partition coefficient (Wildman–Crippen LogP) is 3.82. The zero-order valence-electron chi connectivity index (χ0n) is 11.9. The van der Waals surface area contributed by atoms with Crippen LogP contribution in [0.3, 0.4) is 0 Å². The van der Waals surface area contributed by atoms with Crippen LogP contribution in [0, 0.1) is 12.7 Å². The lowest BCUT2D eigenvalue weighted by atomic mass is 9.94. The highest BCUT2D eigenvalue weighted by Crippen LogP contribution is 2.25. The molecule has 2 nitrogen and oxygen atoms in total. The SMILES string of the molecule is CNC1CCCCCCC1Oc1ccc(F)cc1C. The zero-order chi connectivity index (χ0) is 13.7. The number of hydrogen-bond acceptors (Lipinski definition) is 2. The average molecular weight is 265 g/mol. The molecule has 0 aromatic heterocycles. The van der Waals surface area contributed by atoms with Crippen LogP contribution in [0.25, 0.3) is 0 Å². The van der Waals surface area contributed by atoms with E-state index < -0.39 is 0 Å². The van der Waals surface area contributed by atoms with Gasteiger partial charge < -0.3 is 10.1 Å². The summed E-state index contributed by atoms with van der Waals surface area (Å²) in [6.45, 7) is 1.90. The van der Waals surface area contributed by atoms with Crippen molar-refractivity contribution in [2.75, 3.05) is 7.05 Å². The average Bonchev–Trinajstić information content (AvgIpc) is 2.36. The highest BCUT2D eigenvalue weighted by molar-refractivity contribution is 5.32. The minimum Gasteiger partial charge on any atom is -0.489 e. The molecule has 19 heavy (non-hydrogen) atoms. The van der Waals surface area contributed by atoms with Crippen molar-refractivity contribution < 1.29 is 9.13 Å². The maximum atomic E-state index is 13.1. The van der Waals surface area contributed by atoms with Crippen LogP contribution >= 0.6 is 0 Å². The van der Waals surface area contributed by atoms with Gasteiger partial charge in [0.2, 0.25) is 0 Å². The molecule has 2 rings (SSSR count). The van der Waals surface area contributed by atoms with Crippen LogP contribution in [0.2, 0.25) is 0 Å². The summed E-state index contributed by atoms with van der Waals surface area (Å²) in [7, 11) is 2.00. The fraction of sp³-hybridized carbons (Fsp3) is 0.625. The molecule has 0 aliphatic heterocycles. The largest absolute Gasteiger partial charge is 0.489 e. The van der Waals surface area contributed by atoms with Crippen molar-refractivity contribution in [2.45, 2.75) is 57.6 Å². The highest BCUT2D eigenvalue weighted by atomic mass is 19.1. The number of likely N-dealkylation sites (N-methyl/N-ethyl adjacent to an activating group) is 1. The molecule has 0 spiro atoms. The molecule has 0 saturated heterocycles. The first kappa shape index (κ1) is 14.3. The first-order chi connectivity index (χ1) is 9.20.